The highest BCUT2D eigenvalue weighted by Crippen LogP contribution is 2.30. The minimum Gasteiger partial charge on any atom is -0.479 e. The van der Waals surface area contributed by atoms with E-state index in [9.17, 15) is 24.6 Å². The van der Waals surface area contributed by atoms with Crippen LogP contribution >= 0.6 is 23.2 Å². The highest BCUT2D eigenvalue weighted by molar-refractivity contribution is 6.35. The standard InChI is InChI=1S/C21H19Cl2N3O6/c1-21(31,20(29)30)11-26(24-19(28)17-9-18(27)25-32-17)10-12-2-4-13(5-3-12)15-8-14(22)6-7-16(15)23/h2-9,31H,10-11H2,1H3,(H,24,28)(H,25,27)(H,29,30)/t21-/m1/s1. The number of aromatic amines is 1. The van der Waals surface area contributed by atoms with E-state index < -0.39 is 29.6 Å². The summed E-state index contributed by atoms with van der Waals surface area (Å²) in [4.78, 5) is 34.9. The molecule has 1 aromatic heterocycles. The third kappa shape index (κ3) is 5.77. The lowest BCUT2D eigenvalue weighted by Gasteiger charge is -2.28. The minimum atomic E-state index is -2.15. The Morgan fingerprint density at radius 1 is 1.16 bits per heavy atom. The highest BCUT2D eigenvalue weighted by atomic mass is 35.5. The van der Waals surface area contributed by atoms with E-state index in [-0.39, 0.29) is 12.3 Å². The minimum absolute atomic E-state index is 0.0490. The van der Waals surface area contributed by atoms with E-state index in [2.05, 4.69) is 5.43 Å². The molecule has 0 aliphatic carbocycles. The number of aromatic nitrogens is 1. The number of rotatable bonds is 8. The second-order valence-electron chi connectivity index (χ2n) is 7.27. The molecule has 1 heterocycles. The summed E-state index contributed by atoms with van der Waals surface area (Å²) in [7, 11) is 0. The summed E-state index contributed by atoms with van der Waals surface area (Å²) in [6.45, 7) is 0.715. The van der Waals surface area contributed by atoms with Crippen LogP contribution in [0.4, 0.5) is 0 Å². The predicted molar refractivity (Wildman–Crippen MR) is 117 cm³/mol. The Hall–Kier alpha value is -3.11. The number of carbonyl (C=O) groups is 2. The molecule has 3 rings (SSSR count). The van der Waals surface area contributed by atoms with Gasteiger partial charge in [0.15, 0.2) is 5.60 Å². The lowest BCUT2D eigenvalue weighted by molar-refractivity contribution is -0.159. The Labute approximate surface area is 192 Å². The molecule has 0 unspecified atom stereocenters. The zero-order valence-electron chi connectivity index (χ0n) is 16.8. The number of aliphatic carboxylic acids is 1. The molecule has 0 aliphatic rings. The molecule has 32 heavy (non-hydrogen) atoms. The Morgan fingerprint density at radius 2 is 1.84 bits per heavy atom. The largest absolute Gasteiger partial charge is 0.479 e. The summed E-state index contributed by atoms with van der Waals surface area (Å²) >= 11 is 12.3. The lowest BCUT2D eigenvalue weighted by Crippen LogP contribution is -2.52. The highest BCUT2D eigenvalue weighted by Gasteiger charge is 2.33. The first kappa shape index (κ1) is 23.6. The number of aliphatic hydroxyl groups is 1. The predicted octanol–water partition coefficient (Wildman–Crippen LogP) is 2.92. The number of benzene rings is 2. The Bertz CT molecular complexity index is 1190. The van der Waals surface area contributed by atoms with Crippen LogP contribution in [0.5, 0.6) is 0 Å². The molecule has 168 valence electrons. The average molecular weight is 480 g/mol. The van der Waals surface area contributed by atoms with Crippen molar-refractivity contribution in [2.75, 3.05) is 6.54 Å². The molecular formula is C21H19Cl2N3O6. The maximum atomic E-state index is 12.4. The number of hydrogen-bond donors (Lipinski definition) is 4. The molecule has 3 aromatic rings. The van der Waals surface area contributed by atoms with Crippen molar-refractivity contribution in [3.8, 4) is 11.1 Å². The van der Waals surface area contributed by atoms with Crippen molar-refractivity contribution < 1.29 is 24.3 Å². The summed E-state index contributed by atoms with van der Waals surface area (Å²) < 4.78 is 4.76. The zero-order chi connectivity index (χ0) is 23.5. The number of carboxylic acid groups (broad SMARTS) is 1. The first-order valence-corrected chi connectivity index (χ1v) is 10.1. The molecule has 2 aromatic carbocycles. The fourth-order valence-corrected chi connectivity index (χ4v) is 3.30. The van der Waals surface area contributed by atoms with Gasteiger partial charge in [0.05, 0.1) is 12.6 Å². The smallest absolute Gasteiger partial charge is 0.336 e. The van der Waals surface area contributed by atoms with Gasteiger partial charge in [-0.1, -0.05) is 47.5 Å². The number of nitrogens with zero attached hydrogens (tertiary/aromatic N) is 1. The first-order chi connectivity index (χ1) is 15.0. The van der Waals surface area contributed by atoms with Crippen molar-refractivity contribution in [2.24, 2.45) is 0 Å². The molecule has 0 saturated carbocycles. The van der Waals surface area contributed by atoms with Crippen molar-refractivity contribution in [1.29, 1.82) is 0 Å². The number of nitrogens with one attached hydrogen (secondary N) is 2. The van der Waals surface area contributed by atoms with E-state index in [1.165, 1.54) is 5.01 Å². The van der Waals surface area contributed by atoms with Crippen molar-refractivity contribution >= 4 is 35.1 Å². The number of amides is 1. The van der Waals surface area contributed by atoms with Crippen LogP contribution in [0.25, 0.3) is 11.1 Å². The van der Waals surface area contributed by atoms with Gasteiger partial charge < -0.3 is 14.7 Å². The summed E-state index contributed by atoms with van der Waals surface area (Å²) in [5.41, 5.74) is 1.94. The number of carboxylic acids is 1. The van der Waals surface area contributed by atoms with Gasteiger partial charge in [0.1, 0.15) is 0 Å². The number of H-pyrrole nitrogens is 1. The topological polar surface area (TPSA) is 136 Å². The lowest BCUT2D eigenvalue weighted by atomic mass is 10.0. The normalized spacial score (nSPS) is 13.0. The molecular weight excluding hydrogens is 461 g/mol. The monoisotopic (exact) mass is 479 g/mol. The first-order valence-electron chi connectivity index (χ1n) is 9.30. The van der Waals surface area contributed by atoms with Gasteiger partial charge >= 0.3 is 11.9 Å². The SMILES string of the molecule is C[C@@](O)(CN(Cc1ccc(-c2cc(Cl)ccc2Cl)cc1)NC(=O)c1cc(=O)[nH]o1)C(=O)O. The second-order valence-corrected chi connectivity index (χ2v) is 8.12. The quantitative estimate of drug-likeness (QED) is 0.364. The van der Waals surface area contributed by atoms with Crippen LogP contribution in [0.3, 0.4) is 0 Å². The summed E-state index contributed by atoms with van der Waals surface area (Å²) in [5, 5.41) is 23.7. The Morgan fingerprint density at radius 3 is 2.44 bits per heavy atom. The van der Waals surface area contributed by atoms with Crippen LogP contribution in [0.1, 0.15) is 23.0 Å². The molecule has 11 heteroatoms. The van der Waals surface area contributed by atoms with Crippen LogP contribution in [-0.4, -0.2) is 44.4 Å². The Balaban J connectivity index is 1.81. The van der Waals surface area contributed by atoms with Gasteiger partial charge in [0.25, 0.3) is 5.56 Å². The third-order valence-corrected chi connectivity index (χ3v) is 5.10. The molecule has 1 atom stereocenters. The van der Waals surface area contributed by atoms with Crippen LogP contribution in [0.2, 0.25) is 10.0 Å². The van der Waals surface area contributed by atoms with Crippen LogP contribution in [-0.2, 0) is 11.3 Å². The van der Waals surface area contributed by atoms with E-state index in [1.54, 1.807) is 42.5 Å². The van der Waals surface area contributed by atoms with Crippen molar-refractivity contribution in [3.63, 3.8) is 0 Å². The van der Waals surface area contributed by atoms with Crippen LogP contribution in [0.15, 0.2) is 57.8 Å². The van der Waals surface area contributed by atoms with Crippen molar-refractivity contribution in [3.05, 3.63) is 80.3 Å². The number of hydrazine groups is 1. The number of hydrogen-bond acceptors (Lipinski definition) is 6. The molecule has 0 spiro atoms. The van der Waals surface area contributed by atoms with E-state index in [0.717, 1.165) is 24.1 Å². The summed E-state index contributed by atoms with van der Waals surface area (Å²) in [6.07, 6.45) is 0. The molecule has 1 amide bonds. The van der Waals surface area contributed by atoms with Gasteiger partial charge in [-0.05, 0) is 36.2 Å². The summed E-state index contributed by atoms with van der Waals surface area (Å²) in [5.74, 6) is -2.54. The average Bonchev–Trinajstić information content (AvgIpc) is 3.16. The fourth-order valence-electron chi connectivity index (χ4n) is 2.90. The van der Waals surface area contributed by atoms with E-state index in [4.69, 9.17) is 27.7 Å². The molecule has 0 bridgehead atoms. The molecule has 0 radical (unpaired) electrons. The van der Waals surface area contributed by atoms with Gasteiger partial charge in [-0.25, -0.2) is 9.80 Å². The van der Waals surface area contributed by atoms with E-state index in [1.807, 2.05) is 5.16 Å². The van der Waals surface area contributed by atoms with Crippen molar-refractivity contribution in [2.45, 2.75) is 19.1 Å². The molecule has 0 fully saturated rings. The van der Waals surface area contributed by atoms with Crippen LogP contribution < -0.4 is 11.0 Å². The summed E-state index contributed by atoms with van der Waals surface area (Å²) in [6, 6.07) is 13.2. The fraction of sp³-hybridized carbons (Fsp3) is 0.190. The van der Waals surface area contributed by atoms with Gasteiger partial charge in [-0.2, -0.15) is 5.16 Å². The third-order valence-electron chi connectivity index (χ3n) is 4.53. The molecule has 0 saturated heterocycles. The number of carbonyl (C=O) groups excluding carboxylic acids is 1. The molecule has 4 N–H and O–H groups in total. The van der Waals surface area contributed by atoms with Gasteiger partial charge in [-0.15, -0.1) is 0 Å². The second kappa shape index (κ2) is 9.58. The number of halogens is 2. The maximum absolute atomic E-state index is 12.4. The van der Waals surface area contributed by atoms with Gasteiger partial charge in [0.2, 0.25) is 5.76 Å². The van der Waals surface area contributed by atoms with Crippen LogP contribution in [0, 0.1) is 0 Å². The van der Waals surface area contributed by atoms with E-state index in [0.29, 0.717) is 15.6 Å². The van der Waals surface area contributed by atoms with Crippen molar-refractivity contribution in [1.82, 2.24) is 15.6 Å². The van der Waals surface area contributed by atoms with E-state index >= 15 is 0 Å². The van der Waals surface area contributed by atoms with Gasteiger partial charge in [0, 0.05) is 22.2 Å². The molecule has 0 aliphatic heterocycles. The van der Waals surface area contributed by atoms with Gasteiger partial charge in [-0.3, -0.25) is 15.0 Å². The molecule has 9 nitrogen and oxygen atoms in total. The maximum Gasteiger partial charge on any atom is 0.336 e. The zero-order valence-corrected chi connectivity index (χ0v) is 18.3. The Kier molecular flexibility index (Phi) is 7.05.